The van der Waals surface area contributed by atoms with Crippen molar-refractivity contribution >= 4 is 55.3 Å². The van der Waals surface area contributed by atoms with Crippen LogP contribution in [0.2, 0.25) is 0 Å². The first-order valence-electron chi connectivity index (χ1n) is 32.7. The summed E-state index contributed by atoms with van der Waals surface area (Å²) in [7, 11) is 0. The third-order valence-corrected chi connectivity index (χ3v) is 23.3. The Hall–Kier alpha value is -11.5. The molecule has 0 aliphatic heterocycles. The van der Waals surface area contributed by atoms with Gasteiger partial charge in [0.05, 0.1) is 21.9 Å². The number of imidazole rings is 1. The molecule has 14 aromatic carbocycles. The SMILES string of the molecule is c1ccc(-c2ccc(-c3ccc(-c4ccc(-c5c6ccccc6c(-c6ccc7c(c6)C6(c8ccccc8-c8ccccc86)c6ccccc6C76c7ccccc7-c7ccccc76)c6ccc(-c7ccc(-c8nc9ccccc9n8-c8ccccc8)cc7)cc56)cc4)s3)s2)cc1. The van der Waals surface area contributed by atoms with Gasteiger partial charge >= 0.3 is 0 Å². The molecule has 3 aliphatic rings. The minimum absolute atomic E-state index is 0.589. The van der Waals surface area contributed by atoms with Crippen molar-refractivity contribution in [2.75, 3.05) is 0 Å². The van der Waals surface area contributed by atoms with Crippen molar-refractivity contribution in [2.24, 2.45) is 0 Å². The summed E-state index contributed by atoms with van der Waals surface area (Å²) in [6.07, 6.45) is 0. The molecule has 0 saturated carbocycles. The fraction of sp³-hybridized carbons (Fsp3) is 0.0220. The first-order valence-corrected chi connectivity index (χ1v) is 34.4. The summed E-state index contributed by atoms with van der Waals surface area (Å²) < 4.78 is 2.28. The Bertz CT molecular complexity index is 5870. The zero-order valence-corrected chi connectivity index (χ0v) is 53.2. The molecule has 0 amide bonds. The molecule has 3 aromatic heterocycles. The highest BCUT2D eigenvalue weighted by atomic mass is 32.1. The molecule has 0 saturated heterocycles. The lowest BCUT2D eigenvalue weighted by atomic mass is 9.52. The largest absolute Gasteiger partial charge is 0.292 e. The van der Waals surface area contributed by atoms with Crippen LogP contribution in [0.4, 0.5) is 0 Å². The van der Waals surface area contributed by atoms with E-state index < -0.39 is 10.8 Å². The first kappa shape index (κ1) is 54.1. The summed E-state index contributed by atoms with van der Waals surface area (Å²) in [5.74, 6) is 0.916. The van der Waals surface area contributed by atoms with Crippen LogP contribution in [0.15, 0.2) is 340 Å². The second kappa shape index (κ2) is 21.0. The molecule has 20 rings (SSSR count). The van der Waals surface area contributed by atoms with Crippen molar-refractivity contribution in [3.05, 3.63) is 384 Å². The predicted molar refractivity (Wildman–Crippen MR) is 398 cm³/mol. The number of fused-ring (bicyclic) bond motifs is 19. The van der Waals surface area contributed by atoms with E-state index in [4.69, 9.17) is 4.98 Å². The molecule has 0 N–H and O–H groups in total. The molecule has 3 aliphatic carbocycles. The van der Waals surface area contributed by atoms with Crippen molar-refractivity contribution in [2.45, 2.75) is 10.8 Å². The van der Waals surface area contributed by atoms with Gasteiger partial charge in [0.2, 0.25) is 0 Å². The first-order chi connectivity index (χ1) is 47.1. The monoisotopic (exact) mass is 1240 g/mol. The number of rotatable bonds is 8. The molecule has 2 nitrogen and oxygen atoms in total. The molecule has 2 spiro atoms. The molecule has 3 heterocycles. The molecular weight excluding hydrogens is 1190 g/mol. The highest BCUT2D eigenvalue weighted by Crippen LogP contribution is 2.68. The summed E-state index contributed by atoms with van der Waals surface area (Å²) in [5, 5.41) is 4.84. The normalized spacial score (nSPS) is 13.4. The molecule has 95 heavy (non-hydrogen) atoms. The molecule has 17 aromatic rings. The van der Waals surface area contributed by atoms with Gasteiger partial charge in [0, 0.05) is 30.8 Å². The van der Waals surface area contributed by atoms with Gasteiger partial charge in [0.25, 0.3) is 0 Å². The molecule has 442 valence electrons. The number of para-hydroxylation sites is 3. The maximum atomic E-state index is 5.26. The Labute approximate surface area is 559 Å². The number of benzene rings is 14. The smallest absolute Gasteiger partial charge is 0.145 e. The average Bonchev–Trinajstić information content (AvgIpc) is 1.53. The van der Waals surface area contributed by atoms with E-state index in [1.165, 1.54) is 141 Å². The Morgan fingerprint density at radius 1 is 0.242 bits per heavy atom. The second-order valence-corrected chi connectivity index (χ2v) is 27.7. The number of nitrogens with zero attached hydrogens (tertiary/aromatic N) is 2. The van der Waals surface area contributed by atoms with Gasteiger partial charge in [0.1, 0.15) is 5.82 Å². The third-order valence-electron chi connectivity index (χ3n) is 20.8. The summed E-state index contributed by atoms with van der Waals surface area (Å²) in [5.41, 5.74) is 28.3. The van der Waals surface area contributed by atoms with Crippen LogP contribution in [0.5, 0.6) is 0 Å². The number of hydrogen-bond acceptors (Lipinski definition) is 3. The van der Waals surface area contributed by atoms with Crippen LogP contribution >= 0.6 is 22.7 Å². The van der Waals surface area contributed by atoms with Gasteiger partial charge in [-0.15, -0.1) is 22.7 Å². The van der Waals surface area contributed by atoms with Gasteiger partial charge in [0.15, 0.2) is 0 Å². The van der Waals surface area contributed by atoms with E-state index in [9.17, 15) is 0 Å². The Balaban J connectivity index is 0.808. The van der Waals surface area contributed by atoms with E-state index in [-0.39, 0.29) is 0 Å². The zero-order chi connectivity index (χ0) is 62.3. The molecular formula is C91H56N2S2. The van der Waals surface area contributed by atoms with Crippen molar-refractivity contribution in [1.29, 1.82) is 0 Å². The van der Waals surface area contributed by atoms with E-state index in [1.54, 1.807) is 0 Å². The van der Waals surface area contributed by atoms with Gasteiger partial charge in [-0.05, 0) is 193 Å². The van der Waals surface area contributed by atoms with Crippen molar-refractivity contribution in [3.8, 4) is 103 Å². The van der Waals surface area contributed by atoms with Crippen LogP contribution in [0, 0.1) is 0 Å². The van der Waals surface area contributed by atoms with Crippen LogP contribution in [0.3, 0.4) is 0 Å². The molecule has 0 radical (unpaired) electrons. The standard InChI is InChI=1S/C91H56N2S2/c1-3-21-58(22-4-1)83-51-53-85(94-83)86-54-52-84(95-86)59-41-43-60(44-42-59)87-69-29-7-8-30-70(69)88(71-49-47-62(55-72(71)87)57-39-45-61(46-40-57)89-92-81-37-19-20-38-82(81)93(89)64-23-5-2-6-24-64)63-48-50-79-80(56-63)91(75-33-15-11-27-67(75)68-28-12-16-34-76(68)91)78-36-18-17-35-77(78)90(79)73-31-13-9-25-65(73)66-26-10-14-32-74(66)90/h1-56H. The Kier molecular flexibility index (Phi) is 11.9. The Morgan fingerprint density at radius 2 is 0.642 bits per heavy atom. The minimum atomic E-state index is -0.636. The van der Waals surface area contributed by atoms with Crippen molar-refractivity contribution in [1.82, 2.24) is 9.55 Å². The number of hydrogen-bond donors (Lipinski definition) is 0. The van der Waals surface area contributed by atoms with E-state index in [2.05, 4.69) is 344 Å². The lowest BCUT2D eigenvalue weighted by Crippen LogP contribution is -2.43. The topological polar surface area (TPSA) is 17.8 Å². The van der Waals surface area contributed by atoms with Crippen LogP contribution in [0.25, 0.3) is 136 Å². The van der Waals surface area contributed by atoms with E-state index in [0.29, 0.717) is 0 Å². The third kappa shape index (κ3) is 7.81. The summed E-state index contributed by atoms with van der Waals surface area (Å²) >= 11 is 3.72. The molecule has 0 fully saturated rings. The van der Waals surface area contributed by atoms with Gasteiger partial charge in [-0.2, -0.15) is 0 Å². The fourth-order valence-corrected chi connectivity index (χ4v) is 19.0. The second-order valence-electron chi connectivity index (χ2n) is 25.5. The summed E-state index contributed by atoms with van der Waals surface area (Å²) in [6.45, 7) is 0. The van der Waals surface area contributed by atoms with Crippen molar-refractivity contribution in [3.63, 3.8) is 0 Å². The summed E-state index contributed by atoms with van der Waals surface area (Å²) in [6, 6.07) is 128. The maximum absolute atomic E-state index is 5.26. The van der Waals surface area contributed by atoms with Crippen LogP contribution in [-0.2, 0) is 10.8 Å². The number of aromatic nitrogens is 2. The minimum Gasteiger partial charge on any atom is -0.292 e. The molecule has 0 bridgehead atoms. The number of thiophene rings is 2. The molecule has 4 heteroatoms. The predicted octanol–water partition coefficient (Wildman–Crippen LogP) is 24.2. The summed E-state index contributed by atoms with van der Waals surface area (Å²) in [4.78, 5) is 10.4. The van der Waals surface area contributed by atoms with Crippen LogP contribution in [-0.4, -0.2) is 9.55 Å². The Morgan fingerprint density at radius 3 is 1.23 bits per heavy atom. The molecule has 0 unspecified atom stereocenters. The lowest BCUT2D eigenvalue weighted by molar-refractivity contribution is 0.633. The van der Waals surface area contributed by atoms with Gasteiger partial charge in [-0.3, -0.25) is 4.57 Å². The maximum Gasteiger partial charge on any atom is 0.145 e. The van der Waals surface area contributed by atoms with Crippen LogP contribution < -0.4 is 0 Å². The average molecular weight is 1240 g/mol. The molecule has 0 atom stereocenters. The van der Waals surface area contributed by atoms with E-state index >= 15 is 0 Å². The highest BCUT2D eigenvalue weighted by molar-refractivity contribution is 7.25. The van der Waals surface area contributed by atoms with Gasteiger partial charge in [-0.25, -0.2) is 4.98 Å². The lowest BCUT2D eigenvalue weighted by Gasteiger charge is -2.49. The zero-order valence-electron chi connectivity index (χ0n) is 51.5. The highest BCUT2D eigenvalue weighted by Gasteiger charge is 2.59. The van der Waals surface area contributed by atoms with Gasteiger partial charge < -0.3 is 0 Å². The fourth-order valence-electron chi connectivity index (χ4n) is 16.9. The van der Waals surface area contributed by atoms with Crippen molar-refractivity contribution < 1.29 is 0 Å². The van der Waals surface area contributed by atoms with Gasteiger partial charge in [-0.1, -0.05) is 279 Å². The quantitative estimate of drug-likeness (QED) is 0.139. The van der Waals surface area contributed by atoms with Crippen LogP contribution in [0.1, 0.15) is 44.5 Å². The van der Waals surface area contributed by atoms with E-state index in [0.717, 1.165) is 39.2 Å². The van der Waals surface area contributed by atoms with E-state index in [1.807, 2.05) is 22.7 Å².